The quantitative estimate of drug-likeness (QED) is 0.816. The van der Waals surface area contributed by atoms with Crippen molar-refractivity contribution in [2.45, 2.75) is 33.6 Å². The fourth-order valence-electron chi connectivity index (χ4n) is 1.88. The molecule has 1 amide bonds. The molecule has 0 spiro atoms. The van der Waals surface area contributed by atoms with Crippen molar-refractivity contribution in [1.29, 1.82) is 0 Å². The third-order valence-electron chi connectivity index (χ3n) is 3.19. The van der Waals surface area contributed by atoms with E-state index in [-0.39, 0.29) is 11.8 Å². The van der Waals surface area contributed by atoms with Gasteiger partial charge in [-0.05, 0) is 37.5 Å². The SMILES string of the molecule is CCC(CC)C(=O)Nc1cc(C#CCN)ccc1C. The Kier molecular flexibility index (Phi) is 6.11. The lowest BCUT2D eigenvalue weighted by Gasteiger charge is -2.14. The number of aryl methyl sites for hydroxylation is 1. The third kappa shape index (κ3) is 4.42. The van der Waals surface area contributed by atoms with Crippen molar-refractivity contribution in [3.05, 3.63) is 29.3 Å². The van der Waals surface area contributed by atoms with Crippen molar-refractivity contribution in [3.63, 3.8) is 0 Å². The number of nitrogens with one attached hydrogen (secondary N) is 1. The van der Waals surface area contributed by atoms with Crippen LogP contribution in [0.15, 0.2) is 18.2 Å². The third-order valence-corrected chi connectivity index (χ3v) is 3.19. The molecule has 3 heteroatoms. The first kappa shape index (κ1) is 15.3. The molecule has 1 rings (SSSR count). The van der Waals surface area contributed by atoms with Gasteiger partial charge < -0.3 is 11.1 Å². The number of amides is 1. The van der Waals surface area contributed by atoms with Gasteiger partial charge in [0.15, 0.2) is 0 Å². The summed E-state index contributed by atoms with van der Waals surface area (Å²) < 4.78 is 0. The van der Waals surface area contributed by atoms with Gasteiger partial charge in [-0.15, -0.1) is 0 Å². The maximum atomic E-state index is 12.1. The fourth-order valence-corrected chi connectivity index (χ4v) is 1.88. The number of rotatable bonds is 4. The molecule has 0 atom stereocenters. The highest BCUT2D eigenvalue weighted by Gasteiger charge is 2.14. The number of carbonyl (C=O) groups excluding carboxylic acids is 1. The summed E-state index contributed by atoms with van der Waals surface area (Å²) in [6, 6.07) is 5.80. The van der Waals surface area contributed by atoms with Crippen LogP contribution in [0.3, 0.4) is 0 Å². The maximum Gasteiger partial charge on any atom is 0.227 e. The van der Waals surface area contributed by atoms with Crippen LogP contribution in [0.4, 0.5) is 5.69 Å². The van der Waals surface area contributed by atoms with Gasteiger partial charge in [0.25, 0.3) is 0 Å². The van der Waals surface area contributed by atoms with Crippen LogP contribution >= 0.6 is 0 Å². The van der Waals surface area contributed by atoms with Crippen molar-refractivity contribution in [2.24, 2.45) is 11.7 Å². The highest BCUT2D eigenvalue weighted by molar-refractivity contribution is 5.93. The largest absolute Gasteiger partial charge is 0.326 e. The highest BCUT2D eigenvalue weighted by Crippen LogP contribution is 2.19. The van der Waals surface area contributed by atoms with Gasteiger partial charge >= 0.3 is 0 Å². The predicted octanol–water partition coefficient (Wildman–Crippen LogP) is 2.68. The van der Waals surface area contributed by atoms with Crippen molar-refractivity contribution in [1.82, 2.24) is 0 Å². The van der Waals surface area contributed by atoms with E-state index in [4.69, 9.17) is 5.73 Å². The summed E-state index contributed by atoms with van der Waals surface area (Å²) in [4.78, 5) is 12.1. The monoisotopic (exact) mass is 258 g/mol. The summed E-state index contributed by atoms with van der Waals surface area (Å²) in [6.45, 7) is 6.37. The van der Waals surface area contributed by atoms with Crippen LogP contribution < -0.4 is 11.1 Å². The second-order valence-electron chi connectivity index (χ2n) is 4.54. The summed E-state index contributed by atoms with van der Waals surface area (Å²) in [7, 11) is 0. The highest BCUT2D eigenvalue weighted by atomic mass is 16.1. The molecule has 3 nitrogen and oxygen atoms in total. The summed E-state index contributed by atoms with van der Waals surface area (Å²) in [5.41, 5.74) is 8.10. The van der Waals surface area contributed by atoms with E-state index in [2.05, 4.69) is 17.2 Å². The van der Waals surface area contributed by atoms with Gasteiger partial charge in [0.05, 0.1) is 6.54 Å². The fraction of sp³-hybridized carbons (Fsp3) is 0.438. The Hall–Kier alpha value is -1.79. The van der Waals surface area contributed by atoms with Gasteiger partial charge in [-0.3, -0.25) is 4.79 Å². The molecule has 0 unspecified atom stereocenters. The van der Waals surface area contributed by atoms with E-state index >= 15 is 0 Å². The number of anilines is 1. The molecule has 19 heavy (non-hydrogen) atoms. The molecule has 0 aliphatic heterocycles. The number of hydrogen-bond acceptors (Lipinski definition) is 2. The Balaban J connectivity index is 2.90. The van der Waals surface area contributed by atoms with E-state index in [1.807, 2.05) is 39.0 Å². The van der Waals surface area contributed by atoms with Crippen LogP contribution in [0.2, 0.25) is 0 Å². The molecule has 0 aliphatic rings. The van der Waals surface area contributed by atoms with E-state index < -0.39 is 0 Å². The molecular formula is C16H22N2O. The zero-order chi connectivity index (χ0) is 14.3. The summed E-state index contributed by atoms with van der Waals surface area (Å²) in [5.74, 6) is 5.94. The predicted molar refractivity (Wildman–Crippen MR) is 79.8 cm³/mol. The molecule has 0 aromatic heterocycles. The van der Waals surface area contributed by atoms with E-state index in [0.29, 0.717) is 6.54 Å². The smallest absolute Gasteiger partial charge is 0.227 e. The van der Waals surface area contributed by atoms with E-state index in [0.717, 1.165) is 29.7 Å². The van der Waals surface area contributed by atoms with Gasteiger partial charge in [0.2, 0.25) is 5.91 Å². The lowest BCUT2D eigenvalue weighted by molar-refractivity contribution is -0.120. The first-order chi connectivity index (χ1) is 9.12. The lowest BCUT2D eigenvalue weighted by atomic mass is 10.0. The molecule has 0 aliphatic carbocycles. The van der Waals surface area contributed by atoms with Crippen LogP contribution in [0.25, 0.3) is 0 Å². The van der Waals surface area contributed by atoms with Crippen molar-refractivity contribution in [2.75, 3.05) is 11.9 Å². The summed E-state index contributed by atoms with van der Waals surface area (Å²) in [6.07, 6.45) is 1.71. The molecule has 102 valence electrons. The number of benzene rings is 1. The molecule has 0 bridgehead atoms. The molecule has 0 radical (unpaired) electrons. The lowest BCUT2D eigenvalue weighted by Crippen LogP contribution is -2.22. The minimum absolute atomic E-state index is 0.0678. The first-order valence-electron chi connectivity index (χ1n) is 6.72. The van der Waals surface area contributed by atoms with E-state index in [9.17, 15) is 4.79 Å². The Labute approximate surface area is 115 Å². The van der Waals surface area contributed by atoms with Crippen LogP contribution in [-0.2, 0) is 4.79 Å². The van der Waals surface area contributed by atoms with Gasteiger partial charge in [-0.25, -0.2) is 0 Å². The number of hydrogen-bond donors (Lipinski definition) is 2. The molecule has 0 saturated carbocycles. The Bertz CT molecular complexity index is 493. The average Bonchev–Trinajstić information content (AvgIpc) is 2.41. The second kappa shape index (κ2) is 7.60. The Morgan fingerprint density at radius 1 is 1.37 bits per heavy atom. The Morgan fingerprint density at radius 3 is 2.63 bits per heavy atom. The number of carbonyl (C=O) groups is 1. The molecule has 0 saturated heterocycles. The second-order valence-corrected chi connectivity index (χ2v) is 4.54. The minimum Gasteiger partial charge on any atom is -0.326 e. The maximum absolute atomic E-state index is 12.1. The van der Waals surface area contributed by atoms with Gasteiger partial charge in [-0.1, -0.05) is 31.8 Å². The molecule has 1 aromatic carbocycles. The molecular weight excluding hydrogens is 236 g/mol. The average molecular weight is 258 g/mol. The first-order valence-corrected chi connectivity index (χ1v) is 6.72. The van der Waals surface area contributed by atoms with Crippen molar-refractivity contribution in [3.8, 4) is 11.8 Å². The van der Waals surface area contributed by atoms with Crippen LogP contribution in [0.5, 0.6) is 0 Å². The van der Waals surface area contributed by atoms with Gasteiger partial charge in [-0.2, -0.15) is 0 Å². The van der Waals surface area contributed by atoms with Crippen molar-refractivity contribution >= 4 is 11.6 Å². The van der Waals surface area contributed by atoms with Crippen LogP contribution in [-0.4, -0.2) is 12.5 Å². The normalized spacial score (nSPS) is 9.95. The zero-order valence-electron chi connectivity index (χ0n) is 11.9. The van der Waals surface area contributed by atoms with Gasteiger partial charge in [0, 0.05) is 17.2 Å². The summed E-state index contributed by atoms with van der Waals surface area (Å²) >= 11 is 0. The molecule has 0 heterocycles. The summed E-state index contributed by atoms with van der Waals surface area (Å²) in [5, 5.41) is 2.99. The zero-order valence-corrected chi connectivity index (χ0v) is 11.9. The van der Waals surface area contributed by atoms with E-state index in [1.165, 1.54) is 0 Å². The molecule has 1 aromatic rings. The molecule has 3 N–H and O–H groups in total. The standard InChI is InChI=1S/C16H22N2O/c1-4-14(5-2)16(19)18-15-11-13(7-6-10-17)9-8-12(15)3/h8-9,11,14H,4-5,10,17H2,1-3H3,(H,18,19). The van der Waals surface area contributed by atoms with Gasteiger partial charge in [0.1, 0.15) is 0 Å². The van der Waals surface area contributed by atoms with Crippen LogP contribution in [0.1, 0.15) is 37.8 Å². The van der Waals surface area contributed by atoms with Crippen molar-refractivity contribution < 1.29 is 4.79 Å². The molecule has 0 fully saturated rings. The minimum atomic E-state index is 0.0678. The Morgan fingerprint density at radius 2 is 2.05 bits per heavy atom. The van der Waals surface area contributed by atoms with E-state index in [1.54, 1.807) is 0 Å². The number of nitrogens with two attached hydrogens (primary N) is 1. The topological polar surface area (TPSA) is 55.1 Å². The van der Waals surface area contributed by atoms with Crippen LogP contribution in [0, 0.1) is 24.7 Å².